The van der Waals surface area contributed by atoms with Crippen LogP contribution >= 0.6 is 11.3 Å². The summed E-state index contributed by atoms with van der Waals surface area (Å²) in [7, 11) is 0. The molecule has 1 atom stereocenters. The summed E-state index contributed by atoms with van der Waals surface area (Å²) in [5, 5.41) is 4.83. The van der Waals surface area contributed by atoms with Crippen molar-refractivity contribution < 1.29 is 14.3 Å². The van der Waals surface area contributed by atoms with Crippen LogP contribution in [0, 0.1) is 0 Å². The van der Waals surface area contributed by atoms with Gasteiger partial charge < -0.3 is 15.0 Å². The molecule has 26 heavy (non-hydrogen) atoms. The second-order valence-corrected chi connectivity index (χ2v) is 7.29. The molecule has 1 saturated heterocycles. The van der Waals surface area contributed by atoms with Crippen LogP contribution in [0.3, 0.4) is 0 Å². The van der Waals surface area contributed by atoms with Crippen LogP contribution < -0.4 is 5.32 Å². The minimum Gasteiger partial charge on any atom is -0.375 e. The number of hydrogen-bond acceptors (Lipinski definition) is 4. The molecule has 1 aliphatic rings. The molecule has 0 radical (unpaired) electrons. The van der Waals surface area contributed by atoms with E-state index in [1.54, 1.807) is 47.4 Å². The minimum atomic E-state index is -0.153. The Hall–Kier alpha value is -2.44. The van der Waals surface area contributed by atoms with Crippen molar-refractivity contribution in [2.45, 2.75) is 20.0 Å². The van der Waals surface area contributed by atoms with Gasteiger partial charge in [-0.1, -0.05) is 6.07 Å². The number of amides is 2. The third-order valence-electron chi connectivity index (χ3n) is 4.18. The fraction of sp³-hybridized carbons (Fsp3) is 0.300. The molecule has 1 aliphatic heterocycles. The van der Waals surface area contributed by atoms with Crippen LogP contribution in [0.2, 0.25) is 0 Å². The quantitative estimate of drug-likeness (QED) is 0.836. The topological polar surface area (TPSA) is 58.6 Å². The molecule has 1 aromatic heterocycles. The molecule has 0 bridgehead atoms. The molecule has 1 fully saturated rings. The van der Waals surface area contributed by atoms with Crippen molar-refractivity contribution in [3.63, 3.8) is 0 Å². The van der Waals surface area contributed by atoms with E-state index in [9.17, 15) is 9.59 Å². The van der Waals surface area contributed by atoms with Gasteiger partial charge in [-0.15, -0.1) is 11.3 Å². The van der Waals surface area contributed by atoms with Crippen LogP contribution in [-0.4, -0.2) is 42.5 Å². The molecule has 2 amide bonds. The van der Waals surface area contributed by atoms with Gasteiger partial charge in [0.1, 0.15) is 0 Å². The van der Waals surface area contributed by atoms with Gasteiger partial charge >= 0.3 is 0 Å². The first kappa shape index (κ1) is 18.4. The first-order valence-corrected chi connectivity index (χ1v) is 9.45. The van der Waals surface area contributed by atoms with Crippen LogP contribution in [0.5, 0.6) is 0 Å². The summed E-state index contributed by atoms with van der Waals surface area (Å²) in [5.74, 6) is -0.161. The highest BCUT2D eigenvalue weighted by atomic mass is 32.1. The Kier molecular flexibility index (Phi) is 5.85. The number of anilines is 1. The molecule has 1 unspecified atom stereocenters. The number of nitrogens with zero attached hydrogens (tertiary/aromatic N) is 1. The predicted octanol–water partition coefficient (Wildman–Crippen LogP) is 3.65. The summed E-state index contributed by atoms with van der Waals surface area (Å²) < 4.78 is 5.47. The predicted molar refractivity (Wildman–Crippen MR) is 104 cm³/mol. The van der Waals surface area contributed by atoms with Gasteiger partial charge in [-0.2, -0.15) is 0 Å². The van der Waals surface area contributed by atoms with Crippen LogP contribution in [0.15, 0.2) is 47.4 Å². The summed E-state index contributed by atoms with van der Waals surface area (Å²) in [5.41, 5.74) is 1.92. The lowest BCUT2D eigenvalue weighted by Crippen LogP contribution is -2.44. The average Bonchev–Trinajstić information content (AvgIpc) is 3.14. The average molecular weight is 370 g/mol. The maximum absolute atomic E-state index is 12.5. The molecule has 6 heteroatoms. The zero-order valence-corrected chi connectivity index (χ0v) is 15.7. The number of benzene rings is 1. The second-order valence-electron chi connectivity index (χ2n) is 6.31. The molecule has 2 aromatic rings. The normalized spacial score (nSPS) is 17.8. The second kappa shape index (κ2) is 8.29. The summed E-state index contributed by atoms with van der Waals surface area (Å²) in [6, 6.07) is 10.9. The van der Waals surface area contributed by atoms with Gasteiger partial charge in [0.05, 0.1) is 12.7 Å². The molecule has 0 saturated carbocycles. The number of nitrogens with one attached hydrogen (secondary N) is 1. The van der Waals surface area contributed by atoms with E-state index in [4.69, 9.17) is 4.74 Å². The summed E-state index contributed by atoms with van der Waals surface area (Å²) in [6.07, 6.45) is 1.92. The number of hydrogen-bond donors (Lipinski definition) is 1. The number of ether oxygens (including phenoxy) is 1. The Morgan fingerprint density at radius 3 is 2.69 bits per heavy atom. The molecule has 3 rings (SSSR count). The molecule has 2 heterocycles. The van der Waals surface area contributed by atoms with Crippen molar-refractivity contribution in [1.29, 1.82) is 0 Å². The third kappa shape index (κ3) is 4.59. The SMILES string of the molecule is C/C(=C\c1cccs1)C(=O)Nc1ccc(C(=O)N2CCOC(C)C2)cc1. The van der Waals surface area contributed by atoms with Crippen LogP contribution in [0.1, 0.15) is 29.1 Å². The van der Waals surface area contributed by atoms with E-state index in [0.717, 1.165) is 4.88 Å². The number of carbonyl (C=O) groups excluding carboxylic acids is 2. The Bertz CT molecular complexity index is 797. The van der Waals surface area contributed by atoms with Crippen molar-refractivity contribution in [2.75, 3.05) is 25.0 Å². The lowest BCUT2D eigenvalue weighted by Gasteiger charge is -2.31. The van der Waals surface area contributed by atoms with E-state index < -0.39 is 0 Å². The minimum absolute atomic E-state index is 0.00759. The van der Waals surface area contributed by atoms with Crippen molar-refractivity contribution in [1.82, 2.24) is 4.90 Å². The monoisotopic (exact) mass is 370 g/mol. The largest absolute Gasteiger partial charge is 0.375 e. The standard InChI is InChI=1S/C20H22N2O3S/c1-14(12-18-4-3-11-26-18)19(23)21-17-7-5-16(6-8-17)20(24)22-9-10-25-15(2)13-22/h3-8,11-12,15H,9-10,13H2,1-2H3,(H,21,23)/b14-12+. The fourth-order valence-corrected chi connectivity index (χ4v) is 3.48. The van der Waals surface area contributed by atoms with Crippen LogP contribution in [-0.2, 0) is 9.53 Å². The molecule has 136 valence electrons. The van der Waals surface area contributed by atoms with Gasteiger partial charge in [-0.3, -0.25) is 9.59 Å². The highest BCUT2D eigenvalue weighted by Gasteiger charge is 2.22. The molecular formula is C20H22N2O3S. The smallest absolute Gasteiger partial charge is 0.254 e. The van der Waals surface area contributed by atoms with E-state index in [1.807, 2.05) is 30.5 Å². The first-order chi connectivity index (χ1) is 12.5. The van der Waals surface area contributed by atoms with Gasteiger partial charge in [0.15, 0.2) is 0 Å². The first-order valence-electron chi connectivity index (χ1n) is 8.57. The zero-order chi connectivity index (χ0) is 18.5. The van der Waals surface area contributed by atoms with Gasteiger partial charge in [-0.05, 0) is 55.6 Å². The van der Waals surface area contributed by atoms with E-state index in [-0.39, 0.29) is 17.9 Å². The summed E-state index contributed by atoms with van der Waals surface area (Å²) >= 11 is 1.59. The number of thiophene rings is 1. The van der Waals surface area contributed by atoms with Gasteiger partial charge in [0.25, 0.3) is 11.8 Å². The molecule has 5 nitrogen and oxygen atoms in total. The van der Waals surface area contributed by atoms with Gasteiger partial charge in [0.2, 0.25) is 0 Å². The maximum atomic E-state index is 12.5. The summed E-state index contributed by atoms with van der Waals surface area (Å²) in [4.78, 5) is 27.7. The van der Waals surface area contributed by atoms with Gasteiger partial charge in [0, 0.05) is 34.8 Å². The fourth-order valence-electron chi connectivity index (χ4n) is 2.76. The summed E-state index contributed by atoms with van der Waals surface area (Å²) in [6.45, 7) is 5.52. The van der Waals surface area contributed by atoms with E-state index in [2.05, 4.69) is 5.32 Å². The molecular weight excluding hydrogens is 348 g/mol. The van der Waals surface area contributed by atoms with Crippen molar-refractivity contribution in [2.24, 2.45) is 0 Å². The zero-order valence-electron chi connectivity index (χ0n) is 14.9. The van der Waals surface area contributed by atoms with E-state index in [0.29, 0.717) is 36.5 Å². The highest BCUT2D eigenvalue weighted by Crippen LogP contribution is 2.17. The molecule has 1 aromatic carbocycles. The molecule has 0 spiro atoms. The number of rotatable bonds is 4. The van der Waals surface area contributed by atoms with Crippen molar-refractivity contribution in [3.05, 3.63) is 57.8 Å². The van der Waals surface area contributed by atoms with Gasteiger partial charge in [-0.25, -0.2) is 0 Å². The van der Waals surface area contributed by atoms with Crippen LogP contribution in [0.25, 0.3) is 6.08 Å². The Morgan fingerprint density at radius 2 is 2.04 bits per heavy atom. The number of morpholine rings is 1. The van der Waals surface area contributed by atoms with Crippen LogP contribution in [0.4, 0.5) is 5.69 Å². The Labute approximate surface area is 157 Å². The third-order valence-corrected chi connectivity index (χ3v) is 5.00. The highest BCUT2D eigenvalue weighted by molar-refractivity contribution is 7.10. The molecule has 0 aliphatic carbocycles. The maximum Gasteiger partial charge on any atom is 0.254 e. The lowest BCUT2D eigenvalue weighted by molar-refractivity contribution is -0.112. The Morgan fingerprint density at radius 1 is 1.27 bits per heavy atom. The van der Waals surface area contributed by atoms with Crippen molar-refractivity contribution >= 4 is 34.9 Å². The molecule has 1 N–H and O–H groups in total. The van der Waals surface area contributed by atoms with E-state index in [1.165, 1.54) is 0 Å². The Balaban J connectivity index is 1.62. The lowest BCUT2D eigenvalue weighted by atomic mass is 10.1. The van der Waals surface area contributed by atoms with Crippen molar-refractivity contribution in [3.8, 4) is 0 Å². The van der Waals surface area contributed by atoms with E-state index >= 15 is 0 Å². The number of carbonyl (C=O) groups is 2.